The molecule has 3 amide bonds. The fraction of sp³-hybridized carbons (Fsp3) is 0.455. The van der Waals surface area contributed by atoms with E-state index in [4.69, 9.17) is 22.3 Å². The van der Waals surface area contributed by atoms with Crippen molar-refractivity contribution in [1.82, 2.24) is 16.0 Å². The molecule has 0 radical (unpaired) electrons. The summed E-state index contributed by atoms with van der Waals surface area (Å²) >= 11 is 0. The third kappa shape index (κ3) is 11.5. The van der Waals surface area contributed by atoms with Gasteiger partial charge >= 0.3 is 11.9 Å². The second-order valence-corrected chi connectivity index (χ2v) is 8.23. The second kappa shape index (κ2) is 15.6. The summed E-state index contributed by atoms with van der Waals surface area (Å²) in [5.41, 5.74) is 16.5. The van der Waals surface area contributed by atoms with Gasteiger partial charge in [-0.1, -0.05) is 12.1 Å². The van der Waals surface area contributed by atoms with Crippen molar-refractivity contribution < 1.29 is 44.4 Å². The van der Waals surface area contributed by atoms with E-state index in [1.165, 1.54) is 24.3 Å². The van der Waals surface area contributed by atoms with Gasteiger partial charge in [-0.15, -0.1) is 0 Å². The lowest BCUT2D eigenvalue weighted by Crippen LogP contribution is -2.58. The molecule has 4 unspecified atom stereocenters. The van der Waals surface area contributed by atoms with E-state index in [0.29, 0.717) is 5.56 Å². The van der Waals surface area contributed by atoms with Crippen molar-refractivity contribution in [3.63, 3.8) is 0 Å². The largest absolute Gasteiger partial charge is 0.508 e. The van der Waals surface area contributed by atoms with E-state index in [1.54, 1.807) is 0 Å². The average molecular weight is 540 g/mol. The van der Waals surface area contributed by atoms with Crippen LogP contribution in [0.25, 0.3) is 0 Å². The van der Waals surface area contributed by atoms with Gasteiger partial charge in [0, 0.05) is 13.0 Å². The first kappa shape index (κ1) is 31.6. The van der Waals surface area contributed by atoms with Gasteiger partial charge in [0.1, 0.15) is 23.9 Å². The van der Waals surface area contributed by atoms with Gasteiger partial charge in [-0.05, 0) is 30.5 Å². The molecule has 4 atom stereocenters. The molecule has 0 heterocycles. The minimum atomic E-state index is -1.58. The van der Waals surface area contributed by atoms with E-state index < -0.39 is 66.9 Å². The normalized spacial score (nSPS) is 13.7. The first-order valence-corrected chi connectivity index (χ1v) is 11.4. The van der Waals surface area contributed by atoms with Gasteiger partial charge in [0.15, 0.2) is 5.96 Å². The number of phenols is 1. The number of nitrogens with zero attached hydrogens (tertiary/aromatic N) is 1. The van der Waals surface area contributed by atoms with Crippen LogP contribution in [0.2, 0.25) is 0 Å². The zero-order valence-corrected chi connectivity index (χ0v) is 20.4. The molecule has 16 heteroatoms. The highest BCUT2D eigenvalue weighted by Gasteiger charge is 2.30. The summed E-state index contributed by atoms with van der Waals surface area (Å²) in [6.45, 7) is -0.819. The zero-order chi connectivity index (χ0) is 28.8. The number of nitrogens with two attached hydrogens (primary N) is 3. The monoisotopic (exact) mass is 539 g/mol. The summed E-state index contributed by atoms with van der Waals surface area (Å²) in [4.78, 5) is 64.1. The molecule has 0 bridgehead atoms. The lowest BCUT2D eigenvalue weighted by molar-refractivity contribution is -0.142. The van der Waals surface area contributed by atoms with E-state index in [1.807, 2.05) is 0 Å². The Morgan fingerprint density at radius 2 is 1.42 bits per heavy atom. The number of phenolic OH excluding ortho intramolecular Hbond substituents is 1. The summed E-state index contributed by atoms with van der Waals surface area (Å²) in [6.07, 6.45) is -0.720. The van der Waals surface area contributed by atoms with Crippen molar-refractivity contribution in [3.8, 4) is 5.75 Å². The van der Waals surface area contributed by atoms with Crippen LogP contribution in [-0.2, 0) is 30.4 Å². The van der Waals surface area contributed by atoms with E-state index in [9.17, 15) is 39.3 Å². The number of nitrogens with one attached hydrogen (secondary N) is 3. The molecule has 38 heavy (non-hydrogen) atoms. The maximum Gasteiger partial charge on any atom is 0.326 e. The molecular formula is C22H33N7O9. The SMILES string of the molecule is NC(N)=NCCCC(NC(=O)C(CO)NC(=O)C(N)CC(=O)O)C(=O)NC(Cc1ccc(O)cc1)C(=O)O. The van der Waals surface area contributed by atoms with Gasteiger partial charge in [0.05, 0.1) is 19.1 Å². The Labute approximate surface area is 217 Å². The number of carboxylic acid groups (broad SMARTS) is 2. The number of aliphatic carboxylic acids is 2. The first-order chi connectivity index (χ1) is 17.8. The molecule has 0 saturated heterocycles. The molecule has 0 spiro atoms. The number of aliphatic hydroxyl groups is 1. The Kier molecular flexibility index (Phi) is 13.0. The van der Waals surface area contributed by atoms with Crippen LogP contribution in [0.1, 0.15) is 24.8 Å². The molecule has 0 fully saturated rings. The van der Waals surface area contributed by atoms with E-state index >= 15 is 0 Å². The number of benzene rings is 1. The Morgan fingerprint density at radius 3 is 1.95 bits per heavy atom. The number of aromatic hydroxyl groups is 1. The van der Waals surface area contributed by atoms with Crippen LogP contribution in [0.5, 0.6) is 5.75 Å². The van der Waals surface area contributed by atoms with Gasteiger partial charge < -0.3 is 53.6 Å². The molecule has 0 aliphatic heterocycles. The molecule has 0 aliphatic rings. The second-order valence-electron chi connectivity index (χ2n) is 8.23. The maximum absolute atomic E-state index is 13.0. The van der Waals surface area contributed by atoms with Gasteiger partial charge in [-0.25, -0.2) is 4.79 Å². The lowest BCUT2D eigenvalue weighted by atomic mass is 10.0. The summed E-state index contributed by atoms with van der Waals surface area (Å²) in [5.74, 6) is -5.83. The third-order valence-corrected chi connectivity index (χ3v) is 5.12. The highest BCUT2D eigenvalue weighted by molar-refractivity contribution is 5.94. The van der Waals surface area contributed by atoms with Gasteiger partial charge in [-0.2, -0.15) is 0 Å². The summed E-state index contributed by atoms with van der Waals surface area (Å²) < 4.78 is 0. The number of aliphatic hydroxyl groups excluding tert-OH is 1. The quantitative estimate of drug-likeness (QED) is 0.0552. The van der Waals surface area contributed by atoms with Crippen molar-refractivity contribution in [1.29, 1.82) is 0 Å². The number of guanidine groups is 1. The predicted molar refractivity (Wildman–Crippen MR) is 132 cm³/mol. The molecule has 210 valence electrons. The Bertz CT molecular complexity index is 1010. The lowest BCUT2D eigenvalue weighted by Gasteiger charge is -2.24. The third-order valence-electron chi connectivity index (χ3n) is 5.12. The molecule has 1 aromatic rings. The highest BCUT2D eigenvalue weighted by atomic mass is 16.4. The van der Waals surface area contributed by atoms with Gasteiger partial charge in [-0.3, -0.25) is 24.2 Å². The number of hydrogen-bond donors (Lipinski definition) is 10. The van der Waals surface area contributed by atoms with Crippen LogP contribution >= 0.6 is 0 Å². The van der Waals surface area contributed by atoms with Gasteiger partial charge in [0.2, 0.25) is 17.7 Å². The summed E-state index contributed by atoms with van der Waals surface area (Å²) in [5, 5.41) is 44.1. The Morgan fingerprint density at radius 1 is 0.868 bits per heavy atom. The van der Waals surface area contributed by atoms with E-state index in [0.717, 1.165) is 0 Å². The van der Waals surface area contributed by atoms with Crippen LogP contribution in [-0.4, -0.2) is 93.4 Å². The standard InChI is InChI=1S/C22H33N7O9/c23-13(9-17(32)33)18(34)29-16(10-30)20(36)27-14(2-1-7-26-22(24)25)19(35)28-15(21(37)38)8-11-3-5-12(31)6-4-11/h3-6,13-16,30-31H,1-2,7-10,23H2,(H,27,36)(H,28,35)(H,29,34)(H,32,33)(H,37,38)(H4,24,25,26). The van der Waals surface area contributed by atoms with Crippen molar-refractivity contribution in [2.24, 2.45) is 22.2 Å². The molecule has 0 aliphatic carbocycles. The number of carboxylic acids is 2. The number of rotatable bonds is 16. The molecule has 16 nitrogen and oxygen atoms in total. The minimum absolute atomic E-state index is 0.0253. The van der Waals surface area contributed by atoms with E-state index in [-0.39, 0.29) is 37.5 Å². The molecule has 0 saturated carbocycles. The van der Waals surface area contributed by atoms with Crippen molar-refractivity contribution in [3.05, 3.63) is 29.8 Å². The zero-order valence-electron chi connectivity index (χ0n) is 20.4. The van der Waals surface area contributed by atoms with Gasteiger partial charge in [0.25, 0.3) is 0 Å². The average Bonchev–Trinajstić information content (AvgIpc) is 2.84. The van der Waals surface area contributed by atoms with E-state index in [2.05, 4.69) is 20.9 Å². The van der Waals surface area contributed by atoms with Crippen LogP contribution < -0.4 is 33.2 Å². The minimum Gasteiger partial charge on any atom is -0.508 e. The first-order valence-electron chi connectivity index (χ1n) is 11.4. The Balaban J connectivity index is 2.99. The smallest absolute Gasteiger partial charge is 0.326 e. The van der Waals surface area contributed by atoms with Crippen LogP contribution in [0.15, 0.2) is 29.3 Å². The van der Waals surface area contributed by atoms with Crippen molar-refractivity contribution >= 4 is 35.6 Å². The molecule has 1 aromatic carbocycles. The molecule has 13 N–H and O–H groups in total. The number of hydrogen-bond acceptors (Lipinski definition) is 9. The summed E-state index contributed by atoms with van der Waals surface area (Å²) in [7, 11) is 0. The molecule has 0 aromatic heterocycles. The molecular weight excluding hydrogens is 506 g/mol. The van der Waals surface area contributed by atoms with Crippen LogP contribution in [0, 0.1) is 0 Å². The predicted octanol–water partition coefficient (Wildman–Crippen LogP) is -3.68. The Hall–Kier alpha value is -4.44. The number of amides is 3. The van der Waals surface area contributed by atoms with Crippen molar-refractivity contribution in [2.45, 2.75) is 49.9 Å². The fourth-order valence-corrected chi connectivity index (χ4v) is 3.14. The van der Waals surface area contributed by atoms with Crippen LogP contribution in [0.3, 0.4) is 0 Å². The maximum atomic E-state index is 13.0. The highest BCUT2D eigenvalue weighted by Crippen LogP contribution is 2.12. The summed E-state index contributed by atoms with van der Waals surface area (Å²) in [6, 6.07) is -0.121. The molecule has 1 rings (SSSR count). The topological polar surface area (TPSA) is 293 Å². The fourth-order valence-electron chi connectivity index (χ4n) is 3.14. The number of carbonyl (C=O) groups excluding carboxylic acids is 3. The number of aliphatic imine (C=N–C) groups is 1. The van der Waals surface area contributed by atoms with Crippen molar-refractivity contribution in [2.75, 3.05) is 13.2 Å². The number of carbonyl (C=O) groups is 5. The van der Waals surface area contributed by atoms with Crippen LogP contribution in [0.4, 0.5) is 0 Å².